The number of carboxylic acids is 1. The molecule has 0 radical (unpaired) electrons. The molecule has 2 rings (SSSR count). The molecule has 0 aliphatic carbocycles. The van der Waals surface area contributed by atoms with Crippen LogP contribution in [0.25, 0.3) is 10.8 Å². The van der Waals surface area contributed by atoms with Gasteiger partial charge in [0, 0.05) is 5.56 Å². The highest BCUT2D eigenvalue weighted by atomic mass is 127. The standard InChI is InChI=1S/C13H6I6O2/c14-12(15,16)8-5-6-3-1-2-4-7(6)9(11(20)21)10(8)13(17,18)19/h1-5H,(H,20,21). The third-order valence-corrected chi connectivity index (χ3v) is 6.21. The van der Waals surface area contributed by atoms with E-state index < -0.39 is 5.97 Å². The van der Waals surface area contributed by atoms with E-state index in [1.807, 2.05) is 24.3 Å². The topological polar surface area (TPSA) is 37.3 Å². The summed E-state index contributed by atoms with van der Waals surface area (Å²) in [4.78, 5) is 11.9. The van der Waals surface area contributed by atoms with E-state index in [1.54, 1.807) is 0 Å². The number of hydrogen-bond donors (Lipinski definition) is 1. The summed E-state index contributed by atoms with van der Waals surface area (Å²) >= 11 is 14.0. The molecule has 0 saturated heterocycles. The maximum Gasteiger partial charge on any atom is 0.336 e. The maximum absolute atomic E-state index is 11.9. The number of carboxylic acid groups (broad SMARTS) is 1. The zero-order chi connectivity index (χ0) is 16.0. The minimum Gasteiger partial charge on any atom is -0.478 e. The van der Waals surface area contributed by atoms with Gasteiger partial charge in [-0.1, -0.05) is 24.3 Å². The van der Waals surface area contributed by atoms with Gasteiger partial charge < -0.3 is 5.11 Å². The average Bonchev–Trinajstić information content (AvgIpc) is 2.34. The van der Waals surface area contributed by atoms with Crippen LogP contribution in [0, 0.1) is 0 Å². The quantitative estimate of drug-likeness (QED) is 0.258. The Hall–Kier alpha value is 2.55. The zero-order valence-corrected chi connectivity index (χ0v) is 23.0. The Morgan fingerprint density at radius 2 is 1.52 bits per heavy atom. The van der Waals surface area contributed by atoms with Gasteiger partial charge in [-0.25, -0.2) is 4.79 Å². The highest BCUT2D eigenvalue weighted by Gasteiger charge is 2.37. The fraction of sp³-hybridized carbons (Fsp3) is 0.154. The van der Waals surface area contributed by atoms with Gasteiger partial charge in [-0.2, -0.15) is 0 Å². The molecule has 0 saturated carbocycles. The van der Waals surface area contributed by atoms with Crippen LogP contribution in [0.5, 0.6) is 0 Å². The van der Waals surface area contributed by atoms with Crippen molar-refractivity contribution in [2.24, 2.45) is 0 Å². The molecule has 0 unspecified atom stereocenters. The molecular formula is C13H6I6O2. The van der Waals surface area contributed by atoms with Gasteiger partial charge in [0.1, 0.15) is -1.13 Å². The van der Waals surface area contributed by atoms with Crippen LogP contribution in [0.4, 0.5) is 0 Å². The van der Waals surface area contributed by atoms with Crippen LogP contribution in [0.3, 0.4) is 0 Å². The van der Waals surface area contributed by atoms with Crippen molar-refractivity contribution in [3.8, 4) is 0 Å². The Morgan fingerprint density at radius 3 is 2.00 bits per heavy atom. The number of alkyl halides is 6. The first kappa shape index (κ1) is 19.9. The first-order valence-electron chi connectivity index (χ1n) is 5.47. The largest absolute Gasteiger partial charge is 0.478 e. The molecule has 112 valence electrons. The summed E-state index contributed by atoms with van der Waals surface area (Å²) in [7, 11) is 0. The van der Waals surface area contributed by atoms with Crippen molar-refractivity contribution in [1.82, 2.24) is 0 Å². The summed E-state index contributed by atoms with van der Waals surface area (Å²) in [5.41, 5.74) is 2.35. The van der Waals surface area contributed by atoms with E-state index in [1.165, 1.54) is 0 Å². The van der Waals surface area contributed by atoms with Crippen molar-refractivity contribution >= 4 is 152 Å². The van der Waals surface area contributed by atoms with Crippen molar-refractivity contribution in [2.75, 3.05) is 0 Å². The van der Waals surface area contributed by atoms with Gasteiger partial charge >= 0.3 is 5.97 Å². The van der Waals surface area contributed by atoms with Crippen molar-refractivity contribution in [3.63, 3.8) is 0 Å². The van der Waals surface area contributed by atoms with E-state index in [2.05, 4.69) is 142 Å². The van der Waals surface area contributed by atoms with E-state index in [4.69, 9.17) is 0 Å². The molecule has 2 nitrogen and oxygen atoms in total. The molecule has 0 atom stereocenters. The summed E-state index contributed by atoms with van der Waals surface area (Å²) in [6.45, 7) is 0. The fourth-order valence-electron chi connectivity index (χ4n) is 2.09. The molecule has 0 heterocycles. The number of fused-ring (bicyclic) bond motifs is 1. The van der Waals surface area contributed by atoms with Crippen LogP contribution in [0.2, 0.25) is 0 Å². The number of benzene rings is 2. The molecule has 2 aromatic carbocycles. The Morgan fingerprint density at radius 1 is 0.952 bits per heavy atom. The molecule has 0 aliphatic rings. The lowest BCUT2D eigenvalue weighted by Crippen LogP contribution is -2.16. The van der Waals surface area contributed by atoms with Crippen molar-refractivity contribution in [3.05, 3.63) is 47.0 Å². The van der Waals surface area contributed by atoms with Crippen molar-refractivity contribution < 1.29 is 9.90 Å². The minimum absolute atomic E-state index is 0.205. The van der Waals surface area contributed by atoms with E-state index >= 15 is 0 Å². The average molecular weight is 956 g/mol. The van der Waals surface area contributed by atoms with Crippen LogP contribution in [-0.4, -0.2) is 11.1 Å². The molecule has 2 aromatic rings. The monoisotopic (exact) mass is 955 g/mol. The highest BCUT2D eigenvalue weighted by molar-refractivity contribution is 14.3. The molecule has 0 bridgehead atoms. The molecule has 0 fully saturated rings. The molecule has 0 aromatic heterocycles. The third kappa shape index (κ3) is 4.59. The molecule has 0 aliphatic heterocycles. The Labute approximate surface area is 204 Å². The summed E-state index contributed by atoms with van der Waals surface area (Å²) in [6.07, 6.45) is 0. The number of hydrogen-bond acceptors (Lipinski definition) is 1. The van der Waals surface area contributed by atoms with Gasteiger partial charge in [-0.3, -0.25) is 0 Å². The predicted octanol–water partition coefficient (Wildman–Crippen LogP) is 7.37. The Balaban J connectivity index is 3.06. The number of halogens is 6. The fourth-order valence-corrected chi connectivity index (χ4v) is 5.04. The molecule has 1 N–H and O–H groups in total. The van der Waals surface area contributed by atoms with E-state index in [0.717, 1.165) is 21.9 Å². The van der Waals surface area contributed by atoms with Gasteiger partial charge in [-0.15, -0.1) is 0 Å². The normalized spacial score (nSPS) is 12.7. The lowest BCUT2D eigenvalue weighted by molar-refractivity contribution is 0.0698. The van der Waals surface area contributed by atoms with E-state index in [-0.39, 0.29) is -1.13 Å². The van der Waals surface area contributed by atoms with Crippen LogP contribution in [-0.2, 0) is -1.13 Å². The van der Waals surface area contributed by atoms with E-state index in [0.29, 0.717) is 5.56 Å². The van der Waals surface area contributed by atoms with Gasteiger partial charge in [0.15, 0.2) is 0 Å². The lowest BCUT2D eigenvalue weighted by atomic mass is 9.95. The number of carbonyl (C=O) groups is 1. The first-order chi connectivity index (χ1) is 9.53. The third-order valence-electron chi connectivity index (χ3n) is 2.85. The molecular weight excluding hydrogens is 950 g/mol. The number of aromatic carboxylic acids is 1. The predicted molar refractivity (Wildman–Crippen MR) is 138 cm³/mol. The molecule has 0 spiro atoms. The second kappa shape index (κ2) is 7.43. The van der Waals surface area contributed by atoms with Crippen LogP contribution < -0.4 is 0 Å². The van der Waals surface area contributed by atoms with Crippen LogP contribution in [0.15, 0.2) is 30.3 Å². The number of rotatable bonds is 3. The summed E-state index contributed by atoms with van der Waals surface area (Å²) in [6, 6.07) is 9.81. The Bertz CT molecular complexity index is 715. The zero-order valence-electron chi connectivity index (χ0n) is 10.0. The molecule has 8 heteroatoms. The van der Waals surface area contributed by atoms with Crippen LogP contribution >= 0.6 is 136 Å². The van der Waals surface area contributed by atoms with Gasteiger partial charge in [0.05, 0.1) is 5.56 Å². The van der Waals surface area contributed by atoms with Crippen LogP contribution in [0.1, 0.15) is 21.5 Å². The maximum atomic E-state index is 11.9. The van der Waals surface area contributed by atoms with Gasteiger partial charge in [-0.05, 0) is 158 Å². The Kier molecular flexibility index (Phi) is 7.03. The lowest BCUT2D eigenvalue weighted by Gasteiger charge is -2.26. The van der Waals surface area contributed by atoms with Crippen molar-refractivity contribution in [1.29, 1.82) is 0 Å². The molecule has 0 amide bonds. The van der Waals surface area contributed by atoms with E-state index in [9.17, 15) is 9.90 Å². The first-order valence-corrected chi connectivity index (χ1v) is 11.9. The summed E-state index contributed by atoms with van der Waals surface area (Å²) in [5.74, 6) is -0.870. The SMILES string of the molecule is O=C(O)c1c(C(I)(I)I)c(C(I)(I)I)cc2ccccc12. The minimum atomic E-state index is -0.870. The summed E-state index contributed by atoms with van der Waals surface area (Å²) in [5, 5.41) is 11.6. The van der Waals surface area contributed by atoms with Crippen molar-refractivity contribution in [2.45, 2.75) is -1.13 Å². The van der Waals surface area contributed by atoms with Gasteiger partial charge in [0.25, 0.3) is 0 Å². The molecule has 21 heavy (non-hydrogen) atoms. The smallest absolute Gasteiger partial charge is 0.336 e. The second-order valence-corrected chi connectivity index (χ2v) is 26.3. The second-order valence-electron chi connectivity index (χ2n) is 4.20. The summed E-state index contributed by atoms with van der Waals surface area (Å²) < 4.78 is -0.531. The van der Waals surface area contributed by atoms with Gasteiger partial charge in [0.2, 0.25) is 0 Å². The highest BCUT2D eigenvalue weighted by Crippen LogP contribution is 2.57.